The largest absolute Gasteiger partial charge is 0.392 e. The summed E-state index contributed by atoms with van der Waals surface area (Å²) in [4.78, 5) is 7.44. The lowest BCUT2D eigenvalue weighted by atomic mass is 10.8. The molecular weight excluding hydrogens is 136 g/mol. The van der Waals surface area contributed by atoms with Crippen molar-refractivity contribution >= 4 is 0 Å². The molecule has 0 unspecified atom stereocenters. The van der Waals surface area contributed by atoms with Gasteiger partial charge in [-0.15, -0.1) is 0 Å². The average molecular weight is 142 g/mol. The summed E-state index contributed by atoms with van der Waals surface area (Å²) < 4.78 is 0. The number of hydrogen-bond donors (Lipinski definition) is 2. The maximum absolute atomic E-state index is 7.00. The normalized spacial score (nSPS) is 7.20. The van der Waals surface area contributed by atoms with Crippen LogP contribution in [0.1, 0.15) is 0 Å². The van der Waals surface area contributed by atoms with Gasteiger partial charge in [0.2, 0.25) is 0 Å². The van der Waals surface area contributed by atoms with E-state index in [2.05, 4.69) is 9.97 Å². The van der Waals surface area contributed by atoms with Crippen LogP contribution in [0, 0.1) is 0 Å². The standard InChI is InChI=1S/C4H4N2.H2N2O2/c1-2-6-4-3-5-1;1-2(3)4/h1-4H;3-4H. The van der Waals surface area contributed by atoms with Crippen LogP contribution in [0.3, 0.4) is 0 Å². The maximum atomic E-state index is 7.00. The van der Waals surface area contributed by atoms with Gasteiger partial charge < -0.3 is 5.53 Å². The van der Waals surface area contributed by atoms with Crippen molar-refractivity contribution in [2.45, 2.75) is 0 Å². The fourth-order valence-corrected chi connectivity index (χ4v) is 0.253. The minimum atomic E-state index is -1.00. The molecule has 6 nitrogen and oxygen atoms in total. The first-order valence-corrected chi connectivity index (χ1v) is 2.30. The highest BCUT2D eigenvalue weighted by atomic mass is 16.8. The summed E-state index contributed by atoms with van der Waals surface area (Å²) in [6.45, 7) is 0. The van der Waals surface area contributed by atoms with Gasteiger partial charge >= 0.3 is 0 Å². The monoisotopic (exact) mass is 142 g/mol. The predicted molar refractivity (Wildman–Crippen MR) is 29.2 cm³/mol. The van der Waals surface area contributed by atoms with Crippen molar-refractivity contribution in [3.8, 4) is 0 Å². The molecule has 1 rings (SSSR count). The molecule has 0 aliphatic carbocycles. The number of rotatable bonds is 0. The first-order chi connectivity index (χ1) is 4.73. The molecule has 10 heavy (non-hydrogen) atoms. The highest BCUT2D eigenvalue weighted by molar-refractivity contribution is 4.70. The molecule has 0 aliphatic rings. The molecule has 0 amide bonds. The van der Waals surface area contributed by atoms with Gasteiger partial charge in [-0.3, -0.25) is 20.4 Å². The molecule has 0 bridgehead atoms. The molecule has 1 aromatic heterocycles. The van der Waals surface area contributed by atoms with E-state index in [0.717, 1.165) is 0 Å². The molecule has 0 aliphatic heterocycles. The Bertz CT molecular complexity index is 147. The van der Waals surface area contributed by atoms with Crippen LogP contribution < -0.4 is 0 Å². The minimum Gasteiger partial charge on any atom is -0.392 e. The van der Waals surface area contributed by atoms with Gasteiger partial charge in [-0.2, -0.15) is 0 Å². The number of aromatic nitrogens is 2. The van der Waals surface area contributed by atoms with Crippen LogP contribution in [-0.4, -0.2) is 25.4 Å². The summed E-state index contributed by atoms with van der Waals surface area (Å²) in [5.74, 6) is 0. The smallest absolute Gasteiger partial charge is 0.117 e. The van der Waals surface area contributed by atoms with Crippen molar-refractivity contribution < 1.29 is 15.4 Å². The molecule has 0 saturated carbocycles. The number of hydrogen-bond acceptors (Lipinski definition) is 2. The third-order valence-corrected chi connectivity index (χ3v) is 0.478. The SMILES string of the molecule is [N-]=[N+](O)O.c1cnccn1. The van der Waals surface area contributed by atoms with Crippen molar-refractivity contribution in [3.05, 3.63) is 30.3 Å². The van der Waals surface area contributed by atoms with E-state index in [1.54, 1.807) is 24.8 Å². The Morgan fingerprint density at radius 3 is 1.30 bits per heavy atom. The zero-order chi connectivity index (χ0) is 7.82. The lowest BCUT2D eigenvalue weighted by Gasteiger charge is -1.70. The lowest BCUT2D eigenvalue weighted by Crippen LogP contribution is -1.85. The Morgan fingerprint density at radius 2 is 1.20 bits per heavy atom. The van der Waals surface area contributed by atoms with Crippen molar-refractivity contribution in [1.82, 2.24) is 9.97 Å². The van der Waals surface area contributed by atoms with Crippen LogP contribution in [0.2, 0.25) is 0 Å². The van der Waals surface area contributed by atoms with E-state index in [0.29, 0.717) is 0 Å². The van der Waals surface area contributed by atoms with Crippen LogP contribution in [0.4, 0.5) is 0 Å². The summed E-state index contributed by atoms with van der Waals surface area (Å²) in [6, 6.07) is 0. The van der Waals surface area contributed by atoms with Gasteiger partial charge in [0.25, 0.3) is 0 Å². The van der Waals surface area contributed by atoms with Crippen molar-refractivity contribution in [2.75, 3.05) is 0 Å². The van der Waals surface area contributed by atoms with Crippen molar-refractivity contribution in [1.29, 1.82) is 0 Å². The molecular formula is C4H6N4O2. The zero-order valence-corrected chi connectivity index (χ0v) is 4.99. The maximum Gasteiger partial charge on any atom is 0.117 e. The quantitative estimate of drug-likeness (QED) is 0.402. The van der Waals surface area contributed by atoms with Crippen LogP contribution in [0.25, 0.3) is 5.53 Å². The molecule has 1 heterocycles. The lowest BCUT2D eigenvalue weighted by molar-refractivity contribution is -0.969. The number of nitrogens with zero attached hydrogens (tertiary/aromatic N) is 4. The second kappa shape index (κ2) is 5.42. The third-order valence-electron chi connectivity index (χ3n) is 0.478. The fourth-order valence-electron chi connectivity index (χ4n) is 0.253. The van der Waals surface area contributed by atoms with E-state index < -0.39 is 5.02 Å². The molecule has 6 heteroatoms. The summed E-state index contributed by atoms with van der Waals surface area (Å²) in [6.07, 6.45) is 6.56. The minimum absolute atomic E-state index is 1.00. The molecule has 54 valence electrons. The summed E-state index contributed by atoms with van der Waals surface area (Å²) >= 11 is 0. The van der Waals surface area contributed by atoms with Crippen LogP contribution in [0.5, 0.6) is 0 Å². The summed E-state index contributed by atoms with van der Waals surface area (Å²) in [7, 11) is 0. The molecule has 0 fully saturated rings. The Hall–Kier alpha value is -1.72. The van der Waals surface area contributed by atoms with Crippen molar-refractivity contribution in [2.24, 2.45) is 0 Å². The molecule has 0 radical (unpaired) electrons. The molecule has 0 atom stereocenters. The van der Waals surface area contributed by atoms with Crippen LogP contribution in [0.15, 0.2) is 24.8 Å². The Kier molecular flexibility index (Phi) is 4.49. The molecule has 0 saturated heterocycles. The van der Waals surface area contributed by atoms with E-state index in [4.69, 9.17) is 15.9 Å². The first kappa shape index (κ1) is 8.28. The van der Waals surface area contributed by atoms with Crippen LogP contribution >= 0.6 is 0 Å². The predicted octanol–water partition coefficient (Wildman–Crippen LogP) is 0.275. The Balaban J connectivity index is 0.000000180. The molecule has 0 aromatic carbocycles. The summed E-state index contributed by atoms with van der Waals surface area (Å²) in [5, 5.41) is 13.0. The summed E-state index contributed by atoms with van der Waals surface area (Å²) in [5.41, 5.74) is 7.00. The Labute approximate surface area is 56.8 Å². The topological polar surface area (TPSA) is 91.6 Å². The van der Waals surface area contributed by atoms with Gasteiger partial charge in [-0.05, 0) is 0 Å². The van der Waals surface area contributed by atoms with Crippen molar-refractivity contribution in [3.63, 3.8) is 0 Å². The Morgan fingerprint density at radius 1 is 1.00 bits per heavy atom. The molecule has 0 spiro atoms. The van der Waals surface area contributed by atoms with Gasteiger partial charge in [-0.1, -0.05) is 0 Å². The van der Waals surface area contributed by atoms with E-state index in [-0.39, 0.29) is 0 Å². The van der Waals surface area contributed by atoms with E-state index in [1.807, 2.05) is 0 Å². The third kappa shape index (κ3) is 9.56. The second-order valence-electron chi connectivity index (χ2n) is 1.16. The van der Waals surface area contributed by atoms with Crippen LogP contribution in [-0.2, 0) is 0 Å². The highest BCUT2D eigenvalue weighted by Gasteiger charge is 1.59. The zero-order valence-electron chi connectivity index (χ0n) is 4.99. The van der Waals surface area contributed by atoms with Gasteiger partial charge in [0.1, 0.15) is 5.02 Å². The average Bonchev–Trinajstić information content (AvgIpc) is 1.90. The van der Waals surface area contributed by atoms with Gasteiger partial charge in [0.15, 0.2) is 0 Å². The fraction of sp³-hybridized carbons (Fsp3) is 0. The highest BCUT2D eigenvalue weighted by Crippen LogP contribution is 1.65. The van der Waals surface area contributed by atoms with E-state index >= 15 is 0 Å². The molecule has 2 N–H and O–H groups in total. The van der Waals surface area contributed by atoms with Gasteiger partial charge in [0.05, 0.1) is 0 Å². The molecule has 1 aromatic rings. The second-order valence-corrected chi connectivity index (χ2v) is 1.16. The van der Waals surface area contributed by atoms with E-state index in [1.165, 1.54) is 0 Å². The van der Waals surface area contributed by atoms with Gasteiger partial charge in [0, 0.05) is 24.8 Å². The van der Waals surface area contributed by atoms with E-state index in [9.17, 15) is 0 Å². The van der Waals surface area contributed by atoms with Gasteiger partial charge in [-0.25, -0.2) is 0 Å². The first-order valence-electron chi connectivity index (χ1n) is 2.30.